The summed E-state index contributed by atoms with van der Waals surface area (Å²) in [6.45, 7) is 11.0. The van der Waals surface area contributed by atoms with Gasteiger partial charge in [0.05, 0.1) is 9.52 Å². The molecule has 0 N–H and O–H groups in total. The molecule has 0 bridgehead atoms. The van der Waals surface area contributed by atoms with Crippen molar-refractivity contribution in [2.24, 2.45) is 0 Å². The van der Waals surface area contributed by atoms with E-state index in [0.717, 1.165) is 35.1 Å². The third kappa shape index (κ3) is 3.95. The van der Waals surface area contributed by atoms with E-state index in [1.165, 1.54) is 21.5 Å². The lowest BCUT2D eigenvalue weighted by Crippen LogP contribution is -2.26. The SMILES string of the molecule is CCC1=CCC(Cl)=C1[SiH2]C1=C(Cl)CC(C)=C1O[Si](C)(C)C. The quantitative estimate of drug-likeness (QED) is 0.603. The van der Waals surface area contributed by atoms with Gasteiger partial charge in [0.2, 0.25) is 8.32 Å². The molecule has 0 spiro atoms. The minimum absolute atomic E-state index is 0.671. The second-order valence-corrected chi connectivity index (χ2v) is 13.8. The van der Waals surface area contributed by atoms with Crippen LogP contribution in [0.5, 0.6) is 0 Å². The first-order chi connectivity index (χ1) is 9.73. The molecule has 5 heteroatoms. The summed E-state index contributed by atoms with van der Waals surface area (Å²) in [4.78, 5) is 0. The van der Waals surface area contributed by atoms with Crippen LogP contribution in [0.3, 0.4) is 0 Å². The summed E-state index contributed by atoms with van der Waals surface area (Å²) in [5.74, 6) is 1.09. The van der Waals surface area contributed by atoms with E-state index in [4.69, 9.17) is 27.6 Å². The van der Waals surface area contributed by atoms with Gasteiger partial charge in [-0.15, -0.1) is 0 Å². The van der Waals surface area contributed by atoms with Crippen LogP contribution >= 0.6 is 23.2 Å². The Labute approximate surface area is 141 Å². The van der Waals surface area contributed by atoms with E-state index in [9.17, 15) is 0 Å². The molecule has 0 aromatic rings. The van der Waals surface area contributed by atoms with E-state index in [1.54, 1.807) is 0 Å². The Kier molecular flexibility index (Phi) is 5.29. The van der Waals surface area contributed by atoms with Crippen LogP contribution in [-0.2, 0) is 4.43 Å². The van der Waals surface area contributed by atoms with Crippen molar-refractivity contribution in [1.29, 1.82) is 0 Å². The fourth-order valence-electron chi connectivity index (χ4n) is 2.81. The van der Waals surface area contributed by atoms with Gasteiger partial charge in [-0.25, -0.2) is 0 Å². The summed E-state index contributed by atoms with van der Waals surface area (Å²) in [7, 11) is -2.30. The van der Waals surface area contributed by atoms with Gasteiger partial charge in [0, 0.05) is 22.9 Å². The van der Waals surface area contributed by atoms with Crippen molar-refractivity contribution in [3.63, 3.8) is 0 Å². The van der Waals surface area contributed by atoms with Crippen molar-refractivity contribution in [2.75, 3.05) is 0 Å². The molecular formula is C16H24Cl2OSi2. The zero-order valence-corrected chi connectivity index (χ0v) is 17.5. The van der Waals surface area contributed by atoms with Crippen LogP contribution < -0.4 is 0 Å². The molecule has 0 fully saturated rings. The first kappa shape index (κ1) is 17.1. The molecule has 116 valence electrons. The van der Waals surface area contributed by atoms with Gasteiger partial charge in [-0.05, 0) is 49.0 Å². The third-order valence-corrected chi connectivity index (χ3v) is 8.14. The predicted octanol–water partition coefficient (Wildman–Crippen LogP) is 5.33. The van der Waals surface area contributed by atoms with Crippen molar-refractivity contribution in [1.82, 2.24) is 0 Å². The summed E-state index contributed by atoms with van der Waals surface area (Å²) >= 11 is 13.0. The molecule has 2 aliphatic rings. The summed E-state index contributed by atoms with van der Waals surface area (Å²) in [5, 5.41) is 4.67. The molecular weight excluding hydrogens is 335 g/mol. The highest BCUT2D eigenvalue weighted by atomic mass is 35.5. The van der Waals surface area contributed by atoms with Gasteiger partial charge in [0.1, 0.15) is 5.76 Å². The second-order valence-electron chi connectivity index (χ2n) is 6.73. The van der Waals surface area contributed by atoms with Crippen LogP contribution in [0.25, 0.3) is 0 Å². The molecule has 0 radical (unpaired) electrons. The van der Waals surface area contributed by atoms with Gasteiger partial charge >= 0.3 is 0 Å². The molecule has 0 aromatic carbocycles. The van der Waals surface area contributed by atoms with Gasteiger partial charge in [0.25, 0.3) is 0 Å². The normalized spacial score (nSPS) is 20.4. The van der Waals surface area contributed by atoms with Crippen molar-refractivity contribution < 1.29 is 4.43 Å². The lowest BCUT2D eigenvalue weighted by molar-refractivity contribution is 0.434. The van der Waals surface area contributed by atoms with Gasteiger partial charge in [-0.2, -0.15) is 0 Å². The van der Waals surface area contributed by atoms with Gasteiger partial charge in [0.15, 0.2) is 0 Å². The van der Waals surface area contributed by atoms with Crippen LogP contribution in [0, 0.1) is 0 Å². The molecule has 0 atom stereocenters. The summed E-state index contributed by atoms with van der Waals surface area (Å²) in [6, 6.07) is 0. The number of allylic oxidation sites excluding steroid dienone is 7. The van der Waals surface area contributed by atoms with E-state index in [1.807, 2.05) is 0 Å². The Morgan fingerprint density at radius 2 is 1.86 bits per heavy atom. The van der Waals surface area contributed by atoms with Gasteiger partial charge < -0.3 is 4.43 Å². The molecule has 0 unspecified atom stereocenters. The minimum atomic E-state index is -1.63. The maximum absolute atomic E-state index is 6.54. The Morgan fingerprint density at radius 1 is 1.19 bits per heavy atom. The van der Waals surface area contributed by atoms with Crippen molar-refractivity contribution in [2.45, 2.75) is 52.8 Å². The van der Waals surface area contributed by atoms with E-state index < -0.39 is 17.8 Å². The van der Waals surface area contributed by atoms with Crippen LogP contribution in [0.4, 0.5) is 0 Å². The molecule has 0 saturated carbocycles. The highest BCUT2D eigenvalue weighted by Crippen LogP contribution is 2.39. The smallest absolute Gasteiger partial charge is 0.242 e. The highest BCUT2D eigenvalue weighted by Gasteiger charge is 2.29. The minimum Gasteiger partial charge on any atom is -0.544 e. The molecule has 0 amide bonds. The van der Waals surface area contributed by atoms with Crippen molar-refractivity contribution in [3.8, 4) is 0 Å². The first-order valence-corrected chi connectivity index (χ1v) is 13.1. The fourth-order valence-corrected chi connectivity index (χ4v) is 6.91. The van der Waals surface area contributed by atoms with E-state index in [0.29, 0.717) is 0 Å². The molecule has 0 saturated heterocycles. The maximum Gasteiger partial charge on any atom is 0.242 e. The molecule has 2 rings (SSSR count). The van der Waals surface area contributed by atoms with Gasteiger partial charge in [-0.3, -0.25) is 0 Å². The molecule has 1 nitrogen and oxygen atoms in total. The standard InChI is InChI=1S/C16H24Cl2OSi2/c1-6-11-7-8-12(17)15(11)20-16-13(18)9-10(2)14(16)19-21(3,4)5/h7H,6,8-9,20H2,1-5H3. The zero-order chi connectivity index (χ0) is 15.8. The number of hydrogen-bond donors (Lipinski definition) is 0. The Morgan fingerprint density at radius 3 is 2.43 bits per heavy atom. The Balaban J connectivity index is 2.28. The lowest BCUT2D eigenvalue weighted by Gasteiger charge is -2.23. The molecule has 2 aliphatic carbocycles. The lowest BCUT2D eigenvalue weighted by atomic mass is 10.2. The average Bonchev–Trinajstić information content (AvgIpc) is 2.83. The summed E-state index contributed by atoms with van der Waals surface area (Å²) < 4.78 is 6.33. The van der Waals surface area contributed by atoms with Crippen molar-refractivity contribution >= 4 is 41.0 Å². The van der Waals surface area contributed by atoms with Crippen molar-refractivity contribution in [3.05, 3.63) is 43.4 Å². The summed E-state index contributed by atoms with van der Waals surface area (Å²) in [6.07, 6.45) is 5.06. The maximum atomic E-state index is 6.54. The fraction of sp³-hybridized carbons (Fsp3) is 0.500. The molecule has 0 aliphatic heterocycles. The van der Waals surface area contributed by atoms with Crippen LogP contribution in [0.15, 0.2) is 43.4 Å². The van der Waals surface area contributed by atoms with Crippen LogP contribution in [0.2, 0.25) is 19.6 Å². The molecule has 0 aromatic heterocycles. The number of hydrogen-bond acceptors (Lipinski definition) is 1. The first-order valence-electron chi connectivity index (χ1n) is 7.56. The number of rotatable bonds is 5. The molecule has 21 heavy (non-hydrogen) atoms. The largest absolute Gasteiger partial charge is 0.544 e. The van der Waals surface area contributed by atoms with E-state index >= 15 is 0 Å². The zero-order valence-electron chi connectivity index (χ0n) is 13.6. The van der Waals surface area contributed by atoms with Crippen LogP contribution in [0.1, 0.15) is 33.1 Å². The summed E-state index contributed by atoms with van der Waals surface area (Å²) in [5.41, 5.74) is 2.70. The third-order valence-electron chi connectivity index (χ3n) is 3.79. The second kappa shape index (κ2) is 6.49. The van der Waals surface area contributed by atoms with E-state index in [-0.39, 0.29) is 0 Å². The van der Waals surface area contributed by atoms with Crippen LogP contribution in [-0.4, -0.2) is 17.8 Å². The Hall–Kier alpha value is -0.226. The van der Waals surface area contributed by atoms with E-state index in [2.05, 4.69) is 39.6 Å². The predicted molar refractivity (Wildman–Crippen MR) is 99.0 cm³/mol. The average molecular weight is 359 g/mol. The molecule has 0 heterocycles. The number of halogens is 2. The monoisotopic (exact) mass is 358 g/mol. The Bertz CT molecular complexity index is 578. The topological polar surface area (TPSA) is 9.23 Å². The van der Waals surface area contributed by atoms with Gasteiger partial charge in [-0.1, -0.05) is 41.8 Å². The highest BCUT2D eigenvalue weighted by molar-refractivity contribution is 6.70.